The van der Waals surface area contributed by atoms with Gasteiger partial charge < -0.3 is 14.7 Å². The van der Waals surface area contributed by atoms with E-state index in [2.05, 4.69) is 17.2 Å². The van der Waals surface area contributed by atoms with Gasteiger partial charge >= 0.3 is 0 Å². The summed E-state index contributed by atoms with van der Waals surface area (Å²) in [5, 5.41) is 14.5. The molecule has 0 spiro atoms. The van der Waals surface area contributed by atoms with Crippen molar-refractivity contribution in [2.45, 2.75) is 19.1 Å². The van der Waals surface area contributed by atoms with Gasteiger partial charge in [0.25, 0.3) is 5.91 Å². The molecule has 3 aromatic rings. The van der Waals surface area contributed by atoms with Crippen LogP contribution in [0, 0.1) is 0 Å². The lowest BCUT2D eigenvalue weighted by molar-refractivity contribution is -0.0300. The molecule has 144 valence electrons. The van der Waals surface area contributed by atoms with E-state index in [9.17, 15) is 9.90 Å². The second-order valence-corrected chi connectivity index (χ2v) is 6.99. The van der Waals surface area contributed by atoms with E-state index in [4.69, 9.17) is 4.74 Å². The SMILES string of the molecule is O=C(c1cc(Cc2ccccc2)ccc1O)N1CCOC(Cn2cccn2)C1. The lowest BCUT2D eigenvalue weighted by Crippen LogP contribution is -2.47. The first kappa shape index (κ1) is 18.3. The monoisotopic (exact) mass is 377 g/mol. The maximum atomic E-state index is 13.1. The van der Waals surface area contributed by atoms with Crippen molar-refractivity contribution >= 4 is 5.91 Å². The molecule has 1 unspecified atom stereocenters. The number of rotatable bonds is 5. The lowest BCUT2D eigenvalue weighted by Gasteiger charge is -2.33. The molecule has 0 radical (unpaired) electrons. The van der Waals surface area contributed by atoms with Gasteiger partial charge in [0, 0.05) is 25.5 Å². The van der Waals surface area contributed by atoms with E-state index in [1.807, 2.05) is 36.5 Å². The number of carbonyl (C=O) groups excluding carboxylic acids is 1. The number of phenols is 1. The van der Waals surface area contributed by atoms with Gasteiger partial charge in [0.2, 0.25) is 0 Å². The number of benzene rings is 2. The van der Waals surface area contributed by atoms with Crippen LogP contribution in [0.5, 0.6) is 5.75 Å². The third kappa shape index (κ3) is 4.23. The largest absolute Gasteiger partial charge is 0.507 e. The summed E-state index contributed by atoms with van der Waals surface area (Å²) in [6, 6.07) is 17.2. The molecule has 2 heterocycles. The number of phenolic OH excluding ortho intramolecular Hbond substituents is 1. The minimum Gasteiger partial charge on any atom is -0.507 e. The summed E-state index contributed by atoms with van der Waals surface area (Å²) in [6.07, 6.45) is 4.20. The molecule has 6 heteroatoms. The maximum Gasteiger partial charge on any atom is 0.257 e. The summed E-state index contributed by atoms with van der Waals surface area (Å²) in [5.41, 5.74) is 2.50. The number of amides is 1. The smallest absolute Gasteiger partial charge is 0.257 e. The van der Waals surface area contributed by atoms with Crippen LogP contribution < -0.4 is 0 Å². The highest BCUT2D eigenvalue weighted by Gasteiger charge is 2.27. The summed E-state index contributed by atoms with van der Waals surface area (Å²) in [4.78, 5) is 14.8. The van der Waals surface area contributed by atoms with E-state index in [1.54, 1.807) is 27.9 Å². The number of nitrogens with zero attached hydrogens (tertiary/aromatic N) is 3. The molecule has 1 amide bonds. The van der Waals surface area contributed by atoms with Gasteiger partial charge in [-0.2, -0.15) is 5.10 Å². The van der Waals surface area contributed by atoms with Crippen LogP contribution in [0.2, 0.25) is 0 Å². The Balaban J connectivity index is 1.48. The molecular formula is C22H23N3O3. The van der Waals surface area contributed by atoms with Gasteiger partial charge in [-0.15, -0.1) is 0 Å². The quantitative estimate of drug-likeness (QED) is 0.742. The van der Waals surface area contributed by atoms with E-state index in [-0.39, 0.29) is 17.8 Å². The average Bonchev–Trinajstić information content (AvgIpc) is 3.23. The molecule has 0 bridgehead atoms. The summed E-state index contributed by atoms with van der Waals surface area (Å²) in [7, 11) is 0. The number of hydrogen-bond acceptors (Lipinski definition) is 4. The zero-order chi connectivity index (χ0) is 19.3. The number of aromatic hydroxyl groups is 1. The predicted molar refractivity (Wildman–Crippen MR) is 105 cm³/mol. The fourth-order valence-corrected chi connectivity index (χ4v) is 3.50. The summed E-state index contributed by atoms with van der Waals surface area (Å²) < 4.78 is 7.59. The number of morpholine rings is 1. The maximum absolute atomic E-state index is 13.1. The van der Waals surface area contributed by atoms with Gasteiger partial charge in [-0.05, 0) is 35.7 Å². The van der Waals surface area contributed by atoms with E-state index in [0.717, 1.165) is 11.1 Å². The lowest BCUT2D eigenvalue weighted by atomic mass is 10.0. The fourth-order valence-electron chi connectivity index (χ4n) is 3.50. The van der Waals surface area contributed by atoms with Crippen LogP contribution in [-0.4, -0.2) is 51.5 Å². The summed E-state index contributed by atoms with van der Waals surface area (Å²) >= 11 is 0. The molecule has 1 atom stereocenters. The van der Waals surface area contributed by atoms with Crippen LogP contribution in [0.15, 0.2) is 67.0 Å². The van der Waals surface area contributed by atoms with Gasteiger partial charge in [0.1, 0.15) is 5.75 Å². The number of carbonyl (C=O) groups is 1. The van der Waals surface area contributed by atoms with Gasteiger partial charge in [-0.3, -0.25) is 9.48 Å². The topological polar surface area (TPSA) is 67.6 Å². The van der Waals surface area contributed by atoms with Crippen LogP contribution in [0.25, 0.3) is 0 Å². The van der Waals surface area contributed by atoms with Gasteiger partial charge in [-0.25, -0.2) is 0 Å². The molecule has 1 aliphatic heterocycles. The Labute approximate surface area is 164 Å². The predicted octanol–water partition coefficient (Wildman–Crippen LogP) is 2.72. The summed E-state index contributed by atoms with van der Waals surface area (Å²) in [5.74, 6) is -0.155. The number of hydrogen-bond donors (Lipinski definition) is 1. The van der Waals surface area contributed by atoms with Crippen molar-refractivity contribution in [1.82, 2.24) is 14.7 Å². The molecule has 0 saturated carbocycles. The third-order valence-corrected chi connectivity index (χ3v) is 4.92. The van der Waals surface area contributed by atoms with E-state index in [1.165, 1.54) is 0 Å². The highest BCUT2D eigenvalue weighted by atomic mass is 16.5. The van der Waals surface area contributed by atoms with Crippen LogP contribution >= 0.6 is 0 Å². The van der Waals surface area contributed by atoms with Crippen molar-refractivity contribution in [3.8, 4) is 5.75 Å². The molecule has 1 N–H and O–H groups in total. The zero-order valence-electron chi connectivity index (χ0n) is 15.6. The molecule has 4 rings (SSSR count). The first-order valence-electron chi connectivity index (χ1n) is 9.43. The number of aromatic nitrogens is 2. The molecule has 2 aromatic carbocycles. The Morgan fingerprint density at radius 3 is 2.79 bits per heavy atom. The van der Waals surface area contributed by atoms with Crippen LogP contribution in [0.4, 0.5) is 0 Å². The molecule has 1 fully saturated rings. The standard InChI is InChI=1S/C22H23N3O3/c26-21-8-7-18(13-17-5-2-1-3-6-17)14-20(21)22(27)24-11-12-28-19(15-24)16-25-10-4-9-23-25/h1-10,14,19,26H,11-13,15-16H2. The molecule has 0 aliphatic carbocycles. The Kier molecular flexibility index (Phi) is 5.39. The van der Waals surface area contributed by atoms with Crippen molar-refractivity contribution in [3.63, 3.8) is 0 Å². The van der Waals surface area contributed by atoms with Crippen molar-refractivity contribution < 1.29 is 14.6 Å². The molecule has 1 saturated heterocycles. The van der Waals surface area contributed by atoms with E-state index in [0.29, 0.717) is 38.2 Å². The highest BCUT2D eigenvalue weighted by molar-refractivity contribution is 5.97. The summed E-state index contributed by atoms with van der Waals surface area (Å²) in [6.45, 7) is 2.05. The van der Waals surface area contributed by atoms with Crippen molar-refractivity contribution in [2.24, 2.45) is 0 Å². The van der Waals surface area contributed by atoms with Crippen LogP contribution in [0.3, 0.4) is 0 Å². The molecule has 1 aliphatic rings. The molecule has 1 aromatic heterocycles. The average molecular weight is 377 g/mol. The van der Waals surface area contributed by atoms with Crippen LogP contribution in [-0.2, 0) is 17.7 Å². The Bertz CT molecular complexity index is 925. The highest BCUT2D eigenvalue weighted by Crippen LogP contribution is 2.23. The first-order valence-corrected chi connectivity index (χ1v) is 9.43. The Morgan fingerprint density at radius 2 is 2.00 bits per heavy atom. The fraction of sp³-hybridized carbons (Fsp3) is 0.273. The van der Waals surface area contributed by atoms with Crippen molar-refractivity contribution in [2.75, 3.05) is 19.7 Å². The normalized spacial score (nSPS) is 16.9. The Morgan fingerprint density at radius 1 is 1.14 bits per heavy atom. The Hall–Kier alpha value is -3.12. The van der Waals surface area contributed by atoms with E-state index >= 15 is 0 Å². The number of ether oxygens (including phenoxy) is 1. The second-order valence-electron chi connectivity index (χ2n) is 6.99. The zero-order valence-corrected chi connectivity index (χ0v) is 15.6. The van der Waals surface area contributed by atoms with Gasteiger partial charge in [0.05, 0.1) is 24.8 Å². The van der Waals surface area contributed by atoms with Crippen molar-refractivity contribution in [3.05, 3.63) is 83.7 Å². The first-order chi connectivity index (χ1) is 13.7. The minimum absolute atomic E-state index is 0.0110. The third-order valence-electron chi connectivity index (χ3n) is 4.92. The van der Waals surface area contributed by atoms with E-state index < -0.39 is 0 Å². The van der Waals surface area contributed by atoms with Crippen molar-refractivity contribution in [1.29, 1.82) is 0 Å². The molecular weight excluding hydrogens is 354 g/mol. The minimum atomic E-state index is -0.166. The molecule has 28 heavy (non-hydrogen) atoms. The van der Waals surface area contributed by atoms with Gasteiger partial charge in [-0.1, -0.05) is 36.4 Å². The molecule has 6 nitrogen and oxygen atoms in total. The van der Waals surface area contributed by atoms with Crippen LogP contribution in [0.1, 0.15) is 21.5 Å². The second kappa shape index (κ2) is 8.27. The van der Waals surface area contributed by atoms with Gasteiger partial charge in [0.15, 0.2) is 0 Å².